The van der Waals surface area contributed by atoms with Crippen molar-refractivity contribution in [1.82, 2.24) is 10.2 Å². The van der Waals surface area contributed by atoms with Crippen LogP contribution in [0.2, 0.25) is 0 Å². The van der Waals surface area contributed by atoms with Gasteiger partial charge in [0.25, 0.3) is 0 Å². The molecule has 3 rings (SSSR count). The largest absolute Gasteiger partial charge is 0.365 e. The fourth-order valence-corrected chi connectivity index (χ4v) is 4.38. The molecule has 132 valence electrons. The van der Waals surface area contributed by atoms with Gasteiger partial charge in [-0.3, -0.25) is 4.79 Å². The predicted molar refractivity (Wildman–Crippen MR) is 96.1 cm³/mol. The minimum Gasteiger partial charge on any atom is -0.365 e. The van der Waals surface area contributed by atoms with Crippen molar-refractivity contribution in [3.8, 4) is 0 Å². The van der Waals surface area contributed by atoms with Crippen molar-refractivity contribution in [1.29, 1.82) is 0 Å². The zero-order valence-corrected chi connectivity index (χ0v) is 14.5. The Morgan fingerprint density at radius 1 is 1.08 bits per heavy atom. The number of carbonyl (C=O) groups excluding carboxylic acids is 1. The Bertz CT molecular complexity index is 823. The third kappa shape index (κ3) is 5.25. The molecule has 2 aromatic rings. The van der Waals surface area contributed by atoms with Gasteiger partial charge in [0.05, 0.1) is 11.5 Å². The van der Waals surface area contributed by atoms with E-state index in [4.69, 9.17) is 0 Å². The van der Waals surface area contributed by atoms with Gasteiger partial charge in [0, 0.05) is 12.5 Å². The van der Waals surface area contributed by atoms with Gasteiger partial charge < -0.3 is 10.6 Å². The quantitative estimate of drug-likeness (QED) is 0.812. The molecule has 1 aliphatic heterocycles. The van der Waals surface area contributed by atoms with Crippen molar-refractivity contribution >= 4 is 27.4 Å². The highest BCUT2D eigenvalue weighted by molar-refractivity contribution is 7.91. The summed E-state index contributed by atoms with van der Waals surface area (Å²) in [4.78, 5) is 12.0. The van der Waals surface area contributed by atoms with Crippen LogP contribution >= 0.6 is 0 Å². The Morgan fingerprint density at radius 3 is 2.44 bits per heavy atom. The van der Waals surface area contributed by atoms with Crippen molar-refractivity contribution in [2.45, 2.75) is 25.3 Å². The smallest absolute Gasteiger partial charge is 0.225 e. The molecule has 1 aliphatic rings. The highest BCUT2D eigenvalue weighted by Gasteiger charge is 2.27. The minimum absolute atomic E-state index is 0.118. The second-order valence-electron chi connectivity index (χ2n) is 6.08. The summed E-state index contributed by atoms with van der Waals surface area (Å²) < 4.78 is 22.9. The maximum atomic E-state index is 12.0. The molecule has 0 bridgehead atoms. The van der Waals surface area contributed by atoms with E-state index in [9.17, 15) is 13.2 Å². The lowest BCUT2D eigenvalue weighted by Crippen LogP contribution is -2.21. The van der Waals surface area contributed by atoms with Crippen molar-refractivity contribution < 1.29 is 13.2 Å². The van der Waals surface area contributed by atoms with E-state index < -0.39 is 9.84 Å². The fraction of sp³-hybridized carbons (Fsp3) is 0.353. The molecule has 25 heavy (non-hydrogen) atoms. The van der Waals surface area contributed by atoms with Gasteiger partial charge in [0.15, 0.2) is 15.7 Å². The van der Waals surface area contributed by atoms with E-state index in [1.165, 1.54) is 0 Å². The number of aryl methyl sites for hydroxylation is 1. The van der Waals surface area contributed by atoms with Crippen LogP contribution in [0.4, 0.5) is 11.6 Å². The monoisotopic (exact) mass is 360 g/mol. The lowest BCUT2D eigenvalue weighted by molar-refractivity contribution is -0.116. The van der Waals surface area contributed by atoms with Crippen LogP contribution in [0.15, 0.2) is 42.5 Å². The molecular formula is C17H20N4O3S. The molecule has 2 heterocycles. The second-order valence-corrected chi connectivity index (χ2v) is 8.31. The Balaban J connectivity index is 1.48. The van der Waals surface area contributed by atoms with E-state index in [0.717, 1.165) is 5.56 Å². The van der Waals surface area contributed by atoms with Crippen molar-refractivity contribution in [3.05, 3.63) is 48.0 Å². The van der Waals surface area contributed by atoms with Crippen LogP contribution in [-0.2, 0) is 21.1 Å². The summed E-state index contributed by atoms with van der Waals surface area (Å²) in [6, 6.07) is 13.0. The molecule has 0 aliphatic carbocycles. The van der Waals surface area contributed by atoms with E-state index in [1.807, 2.05) is 30.3 Å². The Kier molecular flexibility index (Phi) is 5.28. The van der Waals surface area contributed by atoms with Gasteiger partial charge in [-0.2, -0.15) is 0 Å². The molecule has 0 saturated carbocycles. The van der Waals surface area contributed by atoms with Crippen LogP contribution < -0.4 is 10.6 Å². The van der Waals surface area contributed by atoms with Crippen LogP contribution in [-0.4, -0.2) is 42.1 Å². The molecule has 1 amide bonds. The lowest BCUT2D eigenvalue weighted by atomic mass is 10.1. The number of carbonyl (C=O) groups is 1. The van der Waals surface area contributed by atoms with E-state index >= 15 is 0 Å². The SMILES string of the molecule is O=C(CCc1ccccc1)Nc1ccc(NC2CCS(=O)(=O)C2)nn1. The first-order valence-corrected chi connectivity index (χ1v) is 9.97. The molecule has 1 unspecified atom stereocenters. The number of sulfone groups is 1. The number of amides is 1. The summed E-state index contributed by atoms with van der Waals surface area (Å²) in [6.45, 7) is 0. The first-order chi connectivity index (χ1) is 12.0. The third-order valence-electron chi connectivity index (χ3n) is 4.00. The summed E-state index contributed by atoms with van der Waals surface area (Å²) in [5, 5.41) is 13.7. The Morgan fingerprint density at radius 2 is 1.80 bits per heavy atom. The number of benzene rings is 1. The molecule has 0 radical (unpaired) electrons. The molecule has 1 aromatic heterocycles. The number of nitrogens with one attached hydrogen (secondary N) is 2. The van der Waals surface area contributed by atoms with Gasteiger partial charge in [-0.25, -0.2) is 8.42 Å². The van der Waals surface area contributed by atoms with Gasteiger partial charge in [-0.1, -0.05) is 30.3 Å². The summed E-state index contributed by atoms with van der Waals surface area (Å²) in [5.74, 6) is 1.08. The minimum atomic E-state index is -2.94. The first-order valence-electron chi connectivity index (χ1n) is 8.15. The number of hydrogen-bond acceptors (Lipinski definition) is 6. The Labute approximate surface area is 146 Å². The second kappa shape index (κ2) is 7.60. The topological polar surface area (TPSA) is 101 Å². The predicted octanol–water partition coefficient (Wildman–Crippen LogP) is 1.65. The molecule has 2 N–H and O–H groups in total. The van der Waals surface area contributed by atoms with Gasteiger partial charge in [-0.05, 0) is 30.5 Å². The van der Waals surface area contributed by atoms with Crippen LogP contribution in [0, 0.1) is 0 Å². The Hall–Kier alpha value is -2.48. The molecule has 1 atom stereocenters. The zero-order valence-electron chi connectivity index (χ0n) is 13.7. The van der Waals surface area contributed by atoms with Crippen LogP contribution in [0.3, 0.4) is 0 Å². The first kappa shape index (κ1) is 17.3. The van der Waals surface area contributed by atoms with Crippen LogP contribution in [0.5, 0.6) is 0 Å². The maximum Gasteiger partial charge on any atom is 0.225 e. The number of anilines is 2. The molecule has 0 spiro atoms. The van der Waals surface area contributed by atoms with Crippen LogP contribution in [0.1, 0.15) is 18.4 Å². The number of hydrogen-bond donors (Lipinski definition) is 2. The number of rotatable bonds is 6. The zero-order chi connectivity index (χ0) is 17.7. The highest BCUT2D eigenvalue weighted by atomic mass is 32.2. The molecule has 8 heteroatoms. The molecule has 7 nitrogen and oxygen atoms in total. The number of nitrogens with zero attached hydrogens (tertiary/aromatic N) is 2. The van der Waals surface area contributed by atoms with Gasteiger partial charge in [0.2, 0.25) is 5.91 Å². The average Bonchev–Trinajstić information content (AvgIpc) is 2.94. The maximum absolute atomic E-state index is 12.0. The lowest BCUT2D eigenvalue weighted by Gasteiger charge is -2.11. The van der Waals surface area contributed by atoms with Gasteiger partial charge in [0.1, 0.15) is 5.82 Å². The normalized spacial score (nSPS) is 18.6. The average molecular weight is 360 g/mol. The molecule has 1 aromatic carbocycles. The molecular weight excluding hydrogens is 340 g/mol. The van der Waals surface area contributed by atoms with Crippen molar-refractivity contribution in [2.75, 3.05) is 22.1 Å². The van der Waals surface area contributed by atoms with Crippen molar-refractivity contribution in [3.63, 3.8) is 0 Å². The summed E-state index contributed by atoms with van der Waals surface area (Å²) in [6.07, 6.45) is 1.60. The van der Waals surface area contributed by atoms with E-state index in [-0.39, 0.29) is 23.5 Å². The van der Waals surface area contributed by atoms with Gasteiger partial charge in [-0.15, -0.1) is 10.2 Å². The third-order valence-corrected chi connectivity index (χ3v) is 5.77. The van der Waals surface area contributed by atoms with E-state index in [2.05, 4.69) is 20.8 Å². The van der Waals surface area contributed by atoms with E-state index in [0.29, 0.717) is 30.9 Å². The molecule has 1 fully saturated rings. The number of aromatic nitrogens is 2. The van der Waals surface area contributed by atoms with E-state index in [1.54, 1.807) is 12.1 Å². The standard InChI is InChI=1S/C17H20N4O3S/c22-17(9-6-13-4-2-1-3-5-13)19-16-8-7-15(20-21-16)18-14-10-11-25(23,24)12-14/h1-5,7-8,14H,6,9-12H2,(H,18,20)(H,19,21,22). The summed E-state index contributed by atoms with van der Waals surface area (Å²) in [5.41, 5.74) is 1.11. The molecule has 1 saturated heterocycles. The highest BCUT2D eigenvalue weighted by Crippen LogP contribution is 2.16. The van der Waals surface area contributed by atoms with Crippen LogP contribution in [0.25, 0.3) is 0 Å². The van der Waals surface area contributed by atoms with Gasteiger partial charge >= 0.3 is 0 Å². The summed E-state index contributed by atoms with van der Waals surface area (Å²) >= 11 is 0. The fourth-order valence-electron chi connectivity index (χ4n) is 2.70. The summed E-state index contributed by atoms with van der Waals surface area (Å²) in [7, 11) is -2.94. The van der Waals surface area contributed by atoms with Crippen molar-refractivity contribution in [2.24, 2.45) is 0 Å².